The summed E-state index contributed by atoms with van der Waals surface area (Å²) in [7, 11) is 0. The molecule has 0 aromatic rings. The van der Waals surface area contributed by atoms with Gasteiger partial charge < -0.3 is 31.3 Å². The summed E-state index contributed by atoms with van der Waals surface area (Å²) in [4.78, 5) is 34.7. The number of thioether (sulfide) groups is 1. The Hall–Kier alpha value is -1.68. The van der Waals surface area contributed by atoms with Crippen LogP contribution in [0.15, 0.2) is 0 Å². The molecule has 10 heteroatoms. The molecule has 2 fully saturated rings. The Morgan fingerprint density at radius 1 is 1.10 bits per heavy atom. The zero-order chi connectivity index (χ0) is 21.3. The second kappa shape index (κ2) is 11.5. The molecule has 0 saturated carbocycles. The number of amides is 4. The molecule has 9 nitrogen and oxygen atoms in total. The zero-order valence-corrected chi connectivity index (χ0v) is 18.5. The molecule has 2 saturated heterocycles. The van der Waals surface area contributed by atoms with Crippen molar-refractivity contribution < 1.29 is 19.1 Å². The number of ether oxygens (including phenoxy) is 1. The molecule has 0 spiro atoms. The second-order valence-electron chi connectivity index (χ2n) is 8.40. The number of nitrogens with one attached hydrogen (secondary N) is 5. The van der Waals surface area contributed by atoms with E-state index in [9.17, 15) is 14.4 Å². The van der Waals surface area contributed by atoms with Gasteiger partial charge in [-0.3, -0.25) is 4.79 Å². The molecule has 29 heavy (non-hydrogen) atoms. The van der Waals surface area contributed by atoms with Gasteiger partial charge in [-0.25, -0.2) is 9.59 Å². The Labute approximate surface area is 177 Å². The van der Waals surface area contributed by atoms with Gasteiger partial charge in [0.2, 0.25) is 5.91 Å². The van der Waals surface area contributed by atoms with Gasteiger partial charge in [0.15, 0.2) is 0 Å². The van der Waals surface area contributed by atoms with Crippen LogP contribution in [0.1, 0.15) is 46.5 Å². The van der Waals surface area contributed by atoms with Gasteiger partial charge in [-0.05, 0) is 33.6 Å². The van der Waals surface area contributed by atoms with Crippen LogP contribution >= 0.6 is 11.8 Å². The fraction of sp³-hybridized carbons (Fsp3) is 0.842. The van der Waals surface area contributed by atoms with Gasteiger partial charge in [0.1, 0.15) is 5.60 Å². The highest BCUT2D eigenvalue weighted by atomic mass is 32.2. The highest BCUT2D eigenvalue weighted by Gasteiger charge is 2.42. The fourth-order valence-corrected chi connectivity index (χ4v) is 4.89. The number of alkyl carbamates (subject to hydrolysis) is 1. The summed E-state index contributed by atoms with van der Waals surface area (Å²) >= 11 is 1.90. The smallest absolute Gasteiger partial charge is 0.407 e. The van der Waals surface area contributed by atoms with E-state index in [4.69, 9.17) is 4.74 Å². The van der Waals surface area contributed by atoms with Crippen LogP contribution in [0.3, 0.4) is 0 Å². The maximum atomic E-state index is 11.9. The maximum Gasteiger partial charge on any atom is 0.407 e. The molecule has 2 aliphatic rings. The second-order valence-corrected chi connectivity index (χ2v) is 9.67. The Kier molecular flexibility index (Phi) is 9.35. The maximum absolute atomic E-state index is 11.9. The van der Waals surface area contributed by atoms with Crippen LogP contribution in [0.25, 0.3) is 0 Å². The summed E-state index contributed by atoms with van der Waals surface area (Å²) < 4.78 is 5.14. The lowest BCUT2D eigenvalue weighted by Gasteiger charge is -2.19. The summed E-state index contributed by atoms with van der Waals surface area (Å²) in [5, 5.41) is 15.1. The number of fused-ring (bicyclic) bond motifs is 1. The normalized spacial score (nSPS) is 23.1. The highest BCUT2D eigenvalue weighted by Crippen LogP contribution is 2.33. The van der Waals surface area contributed by atoms with Crippen molar-refractivity contribution in [1.29, 1.82) is 0 Å². The number of rotatable bonds is 11. The number of unbranched alkanes of at least 4 members (excludes halogenated alkanes) is 1. The lowest BCUT2D eigenvalue weighted by atomic mass is 10.0. The highest BCUT2D eigenvalue weighted by molar-refractivity contribution is 8.00. The summed E-state index contributed by atoms with van der Waals surface area (Å²) in [6.07, 6.45) is 2.96. The van der Waals surface area contributed by atoms with Gasteiger partial charge >= 0.3 is 12.1 Å². The first-order chi connectivity index (χ1) is 13.7. The molecular weight excluding hydrogens is 394 g/mol. The van der Waals surface area contributed by atoms with Crippen molar-refractivity contribution in [2.45, 2.75) is 69.4 Å². The van der Waals surface area contributed by atoms with E-state index in [0.717, 1.165) is 25.0 Å². The molecule has 0 aliphatic carbocycles. The molecule has 166 valence electrons. The predicted molar refractivity (Wildman–Crippen MR) is 114 cm³/mol. The fourth-order valence-electron chi connectivity index (χ4n) is 3.34. The van der Waals surface area contributed by atoms with Crippen molar-refractivity contribution in [2.75, 3.05) is 31.9 Å². The molecule has 0 aromatic carbocycles. The summed E-state index contributed by atoms with van der Waals surface area (Å²) in [6.45, 7) is 7.76. The van der Waals surface area contributed by atoms with Crippen LogP contribution in [0.5, 0.6) is 0 Å². The van der Waals surface area contributed by atoms with Crippen LogP contribution in [0.4, 0.5) is 9.59 Å². The summed E-state index contributed by atoms with van der Waals surface area (Å²) in [6, 6.07) is 0.434. The SMILES string of the molecule is CC(C)(C)OC(=O)NCCNCCNC(=O)CCCC[C@@H]1SCC2NC(=O)NC21. The van der Waals surface area contributed by atoms with Gasteiger partial charge in [0, 0.05) is 43.6 Å². The van der Waals surface area contributed by atoms with Crippen molar-refractivity contribution in [1.82, 2.24) is 26.6 Å². The van der Waals surface area contributed by atoms with E-state index in [2.05, 4.69) is 26.6 Å². The first kappa shape index (κ1) is 23.6. The molecule has 2 heterocycles. The van der Waals surface area contributed by atoms with Crippen LogP contribution in [-0.2, 0) is 9.53 Å². The third-order valence-corrected chi connectivity index (χ3v) is 6.18. The summed E-state index contributed by atoms with van der Waals surface area (Å²) in [5.41, 5.74) is -0.496. The number of urea groups is 1. The van der Waals surface area contributed by atoms with Crippen molar-refractivity contribution >= 4 is 29.8 Å². The third kappa shape index (κ3) is 9.12. The van der Waals surface area contributed by atoms with Crippen molar-refractivity contribution in [3.05, 3.63) is 0 Å². The Morgan fingerprint density at radius 2 is 1.83 bits per heavy atom. The van der Waals surface area contributed by atoms with E-state index in [1.54, 1.807) is 0 Å². The quantitative estimate of drug-likeness (QED) is 0.246. The number of hydrogen-bond acceptors (Lipinski definition) is 6. The van der Waals surface area contributed by atoms with E-state index in [-0.39, 0.29) is 24.0 Å². The van der Waals surface area contributed by atoms with Crippen LogP contribution in [0.2, 0.25) is 0 Å². The van der Waals surface area contributed by atoms with Gasteiger partial charge in [-0.1, -0.05) is 6.42 Å². The minimum absolute atomic E-state index is 0.0566. The standard InChI is InChI=1S/C19H35N5O4S/c1-19(2,3)28-18(27)22-11-9-20-8-10-21-15(25)7-5-4-6-14-16-13(12-29-14)23-17(26)24-16/h13-14,16,20H,4-12H2,1-3H3,(H,21,25)(H,22,27)(H2,23,24,26)/t13?,14-,16?/m0/s1. The monoisotopic (exact) mass is 429 g/mol. The molecule has 2 unspecified atom stereocenters. The predicted octanol–water partition coefficient (Wildman–Crippen LogP) is 0.943. The van der Waals surface area contributed by atoms with E-state index < -0.39 is 11.7 Å². The number of carbonyl (C=O) groups is 3. The molecular formula is C19H35N5O4S. The van der Waals surface area contributed by atoms with Crippen molar-refractivity contribution in [3.8, 4) is 0 Å². The molecule has 2 rings (SSSR count). The molecule has 0 aromatic heterocycles. The molecule has 0 radical (unpaired) electrons. The first-order valence-corrected chi connectivity index (χ1v) is 11.4. The largest absolute Gasteiger partial charge is 0.444 e. The van der Waals surface area contributed by atoms with E-state index >= 15 is 0 Å². The van der Waals surface area contributed by atoms with Gasteiger partial charge in [-0.15, -0.1) is 0 Å². The number of hydrogen-bond donors (Lipinski definition) is 5. The lowest BCUT2D eigenvalue weighted by molar-refractivity contribution is -0.121. The van der Waals surface area contributed by atoms with Crippen LogP contribution < -0.4 is 26.6 Å². The zero-order valence-electron chi connectivity index (χ0n) is 17.6. The molecule has 4 amide bonds. The Morgan fingerprint density at radius 3 is 2.55 bits per heavy atom. The van der Waals surface area contributed by atoms with E-state index in [1.165, 1.54) is 0 Å². The average Bonchev–Trinajstić information content (AvgIpc) is 3.15. The van der Waals surface area contributed by atoms with Gasteiger partial charge in [-0.2, -0.15) is 11.8 Å². The minimum atomic E-state index is -0.496. The minimum Gasteiger partial charge on any atom is -0.444 e. The third-order valence-electron chi connectivity index (χ3n) is 4.67. The molecule has 0 bridgehead atoms. The molecule has 3 atom stereocenters. The Balaban J connectivity index is 1.40. The first-order valence-electron chi connectivity index (χ1n) is 10.4. The van der Waals surface area contributed by atoms with Crippen LogP contribution in [-0.4, -0.2) is 72.9 Å². The topological polar surface area (TPSA) is 121 Å². The van der Waals surface area contributed by atoms with E-state index in [0.29, 0.717) is 37.8 Å². The number of carbonyl (C=O) groups excluding carboxylic acids is 3. The summed E-state index contributed by atoms with van der Waals surface area (Å²) in [5.74, 6) is 1.03. The van der Waals surface area contributed by atoms with Crippen LogP contribution in [0, 0.1) is 0 Å². The average molecular weight is 430 g/mol. The molecule has 2 aliphatic heterocycles. The molecule has 5 N–H and O–H groups in total. The van der Waals surface area contributed by atoms with Crippen molar-refractivity contribution in [2.24, 2.45) is 0 Å². The van der Waals surface area contributed by atoms with Gasteiger partial charge in [0.05, 0.1) is 12.1 Å². The lowest BCUT2D eigenvalue weighted by Crippen LogP contribution is -2.38. The van der Waals surface area contributed by atoms with Crippen molar-refractivity contribution in [3.63, 3.8) is 0 Å². The van der Waals surface area contributed by atoms with Gasteiger partial charge in [0.25, 0.3) is 0 Å². The Bertz CT molecular complexity index is 569. The van der Waals surface area contributed by atoms with E-state index in [1.807, 2.05) is 32.5 Å².